The molecule has 2 aliphatic rings. The fourth-order valence-electron chi connectivity index (χ4n) is 4.11. The molecule has 0 radical (unpaired) electrons. The van der Waals surface area contributed by atoms with E-state index in [-0.39, 0.29) is 29.9 Å². The molecule has 2 fully saturated rings. The molecule has 9 nitrogen and oxygen atoms in total. The summed E-state index contributed by atoms with van der Waals surface area (Å²) in [4.78, 5) is 37.8. The van der Waals surface area contributed by atoms with E-state index in [2.05, 4.69) is 20.2 Å². The van der Waals surface area contributed by atoms with E-state index in [1.165, 1.54) is 0 Å². The molecule has 1 aliphatic heterocycles. The molecule has 3 atom stereocenters. The molecule has 0 bridgehead atoms. The Balaban J connectivity index is 1.53. The highest BCUT2D eigenvalue weighted by atomic mass is 16.5. The van der Waals surface area contributed by atoms with Crippen LogP contribution in [0.25, 0.3) is 0 Å². The van der Waals surface area contributed by atoms with Crippen LogP contribution in [0.3, 0.4) is 0 Å². The lowest BCUT2D eigenvalue weighted by Gasteiger charge is -2.40. The number of ether oxygens (including phenoxy) is 2. The van der Waals surface area contributed by atoms with E-state index < -0.39 is 0 Å². The summed E-state index contributed by atoms with van der Waals surface area (Å²) in [6, 6.07) is 1.65. The topological polar surface area (TPSA) is 96.9 Å². The molecule has 1 aliphatic carbocycles. The molecule has 3 rings (SSSR count). The van der Waals surface area contributed by atoms with Gasteiger partial charge in [-0.2, -0.15) is 0 Å². The van der Waals surface area contributed by atoms with Gasteiger partial charge in [-0.05, 0) is 25.3 Å². The van der Waals surface area contributed by atoms with Crippen molar-refractivity contribution in [1.29, 1.82) is 0 Å². The lowest BCUT2D eigenvalue weighted by Crippen LogP contribution is -2.54. The average molecular weight is 405 g/mol. The van der Waals surface area contributed by atoms with Crippen molar-refractivity contribution in [1.82, 2.24) is 20.2 Å². The SMILES string of the molecule is COCCC(=O)N[C@@H]1C[C@@H](C(=O)N2CCN(c3ncccn3)CC2)CC[C@H]1OC. The minimum absolute atomic E-state index is 0.0578. The highest BCUT2D eigenvalue weighted by Crippen LogP contribution is 2.28. The van der Waals surface area contributed by atoms with Crippen LogP contribution in [0.15, 0.2) is 18.5 Å². The van der Waals surface area contributed by atoms with E-state index in [4.69, 9.17) is 9.47 Å². The van der Waals surface area contributed by atoms with Crippen LogP contribution in [-0.4, -0.2) is 85.8 Å². The number of methoxy groups -OCH3 is 2. The lowest BCUT2D eigenvalue weighted by molar-refractivity contribution is -0.139. The maximum atomic E-state index is 13.1. The summed E-state index contributed by atoms with van der Waals surface area (Å²) in [5.74, 6) is 0.723. The first-order valence-corrected chi connectivity index (χ1v) is 10.2. The van der Waals surface area contributed by atoms with Gasteiger partial charge in [-0.1, -0.05) is 0 Å². The molecule has 1 saturated carbocycles. The first-order valence-electron chi connectivity index (χ1n) is 10.2. The van der Waals surface area contributed by atoms with Crippen molar-refractivity contribution in [3.8, 4) is 0 Å². The molecule has 1 saturated heterocycles. The number of aromatic nitrogens is 2. The quantitative estimate of drug-likeness (QED) is 0.704. The van der Waals surface area contributed by atoms with E-state index in [1.54, 1.807) is 32.7 Å². The van der Waals surface area contributed by atoms with Crippen molar-refractivity contribution in [3.63, 3.8) is 0 Å². The van der Waals surface area contributed by atoms with Crippen molar-refractivity contribution < 1.29 is 19.1 Å². The molecule has 2 amide bonds. The third-order valence-corrected chi connectivity index (χ3v) is 5.74. The molecule has 9 heteroatoms. The van der Waals surface area contributed by atoms with Gasteiger partial charge in [0, 0.05) is 65.1 Å². The number of carbonyl (C=O) groups excluding carboxylic acids is 2. The van der Waals surface area contributed by atoms with Crippen molar-refractivity contribution >= 4 is 17.8 Å². The van der Waals surface area contributed by atoms with Crippen LogP contribution in [-0.2, 0) is 19.1 Å². The van der Waals surface area contributed by atoms with Gasteiger partial charge in [-0.3, -0.25) is 9.59 Å². The lowest BCUT2D eigenvalue weighted by atomic mass is 9.82. The van der Waals surface area contributed by atoms with Crippen LogP contribution in [0.2, 0.25) is 0 Å². The third kappa shape index (κ3) is 5.63. The monoisotopic (exact) mass is 405 g/mol. The van der Waals surface area contributed by atoms with Crippen molar-refractivity contribution in [2.24, 2.45) is 5.92 Å². The predicted octanol–water partition coefficient (Wildman–Crippen LogP) is 0.462. The molecule has 0 spiro atoms. The highest BCUT2D eigenvalue weighted by Gasteiger charge is 2.37. The summed E-state index contributed by atoms with van der Waals surface area (Å²) in [5.41, 5.74) is 0. The molecule has 29 heavy (non-hydrogen) atoms. The van der Waals surface area contributed by atoms with E-state index in [9.17, 15) is 9.59 Å². The van der Waals surface area contributed by atoms with Crippen LogP contribution in [0.5, 0.6) is 0 Å². The third-order valence-electron chi connectivity index (χ3n) is 5.74. The van der Waals surface area contributed by atoms with Gasteiger partial charge in [0.15, 0.2) is 0 Å². The first-order chi connectivity index (χ1) is 14.1. The molecule has 1 aromatic heterocycles. The maximum absolute atomic E-state index is 13.1. The zero-order valence-electron chi connectivity index (χ0n) is 17.2. The number of piperazine rings is 1. The van der Waals surface area contributed by atoms with Gasteiger partial charge in [0.2, 0.25) is 17.8 Å². The highest BCUT2D eigenvalue weighted by molar-refractivity contribution is 5.80. The number of amides is 2. The number of rotatable bonds is 7. The summed E-state index contributed by atoms with van der Waals surface area (Å²) in [7, 11) is 3.23. The Kier molecular flexibility index (Phi) is 7.76. The minimum atomic E-state index is -0.147. The Labute approximate surface area is 171 Å². The predicted molar refractivity (Wildman–Crippen MR) is 107 cm³/mol. The summed E-state index contributed by atoms with van der Waals surface area (Å²) in [6.45, 7) is 3.15. The van der Waals surface area contributed by atoms with Gasteiger partial charge in [-0.25, -0.2) is 9.97 Å². The summed E-state index contributed by atoms with van der Waals surface area (Å²) < 4.78 is 10.5. The number of hydrogen-bond acceptors (Lipinski definition) is 7. The second kappa shape index (κ2) is 10.5. The van der Waals surface area contributed by atoms with Crippen molar-refractivity contribution in [2.75, 3.05) is 51.9 Å². The molecule has 1 N–H and O–H groups in total. The van der Waals surface area contributed by atoms with Crippen molar-refractivity contribution in [3.05, 3.63) is 18.5 Å². The van der Waals surface area contributed by atoms with Crippen LogP contribution < -0.4 is 10.2 Å². The number of carbonyl (C=O) groups is 2. The minimum Gasteiger partial charge on any atom is -0.384 e. The standard InChI is InChI=1S/C20H31N5O4/c1-28-13-6-18(26)23-16-14-15(4-5-17(16)29-2)19(27)24-9-11-25(12-10-24)20-21-7-3-8-22-20/h3,7-8,15-17H,4-6,9-14H2,1-2H3,(H,23,26)/t15-,16+,17+/m0/s1. The number of nitrogens with zero attached hydrogens (tertiary/aromatic N) is 4. The Morgan fingerprint density at radius 2 is 1.86 bits per heavy atom. The number of hydrogen-bond donors (Lipinski definition) is 1. The zero-order valence-corrected chi connectivity index (χ0v) is 17.2. The van der Waals surface area contributed by atoms with E-state index in [0.29, 0.717) is 38.5 Å². The fraction of sp³-hybridized carbons (Fsp3) is 0.700. The Morgan fingerprint density at radius 3 is 2.52 bits per heavy atom. The van der Waals surface area contributed by atoms with E-state index in [0.717, 1.165) is 25.9 Å². The Hall–Kier alpha value is -2.26. The van der Waals surface area contributed by atoms with Gasteiger partial charge < -0.3 is 24.6 Å². The van der Waals surface area contributed by atoms with Gasteiger partial charge >= 0.3 is 0 Å². The largest absolute Gasteiger partial charge is 0.384 e. The van der Waals surface area contributed by atoms with Gasteiger partial charge in [0.25, 0.3) is 0 Å². The van der Waals surface area contributed by atoms with Crippen LogP contribution in [0.4, 0.5) is 5.95 Å². The van der Waals surface area contributed by atoms with Gasteiger partial charge in [0.1, 0.15) is 0 Å². The van der Waals surface area contributed by atoms with Gasteiger partial charge in [-0.15, -0.1) is 0 Å². The molecule has 1 aromatic rings. The van der Waals surface area contributed by atoms with E-state index in [1.807, 2.05) is 4.90 Å². The fourth-order valence-corrected chi connectivity index (χ4v) is 4.11. The molecule has 2 heterocycles. The second-order valence-electron chi connectivity index (χ2n) is 7.56. The molecule has 0 aromatic carbocycles. The summed E-state index contributed by atoms with van der Waals surface area (Å²) in [5, 5.41) is 3.03. The molecular formula is C20H31N5O4. The van der Waals surface area contributed by atoms with Gasteiger partial charge in [0.05, 0.1) is 18.8 Å². The Morgan fingerprint density at radius 1 is 1.14 bits per heavy atom. The van der Waals surface area contributed by atoms with Crippen molar-refractivity contribution in [2.45, 2.75) is 37.8 Å². The number of anilines is 1. The average Bonchev–Trinajstić information content (AvgIpc) is 2.78. The summed E-state index contributed by atoms with van der Waals surface area (Å²) in [6.07, 6.45) is 5.87. The van der Waals surface area contributed by atoms with Crippen LogP contribution in [0, 0.1) is 5.92 Å². The van der Waals surface area contributed by atoms with Crippen LogP contribution >= 0.6 is 0 Å². The van der Waals surface area contributed by atoms with Crippen LogP contribution in [0.1, 0.15) is 25.7 Å². The second-order valence-corrected chi connectivity index (χ2v) is 7.56. The Bertz CT molecular complexity index is 666. The molecule has 0 unspecified atom stereocenters. The normalized spacial score (nSPS) is 25.0. The smallest absolute Gasteiger partial charge is 0.225 e. The first kappa shape index (κ1) is 21.4. The zero-order chi connectivity index (χ0) is 20.6. The molecule has 160 valence electrons. The van der Waals surface area contributed by atoms with E-state index >= 15 is 0 Å². The maximum Gasteiger partial charge on any atom is 0.225 e. The summed E-state index contributed by atoms with van der Waals surface area (Å²) >= 11 is 0. The number of nitrogens with one attached hydrogen (secondary N) is 1. The molecular weight excluding hydrogens is 374 g/mol.